The first-order chi connectivity index (χ1) is 9.30. The topological polar surface area (TPSA) is 78.9 Å². The molecule has 6 heteroatoms. The van der Waals surface area contributed by atoms with Gasteiger partial charge in [0.1, 0.15) is 0 Å². The minimum absolute atomic E-state index is 0.0405. The average molecular weight is 286 g/mol. The van der Waals surface area contributed by atoms with Crippen LogP contribution in [-0.2, 0) is 9.53 Å². The maximum atomic E-state index is 12.2. The number of nitrogens with one attached hydrogen (secondary N) is 1. The molecule has 2 N–H and O–H groups in total. The van der Waals surface area contributed by atoms with Gasteiger partial charge in [0.25, 0.3) is 0 Å². The van der Waals surface area contributed by atoms with Gasteiger partial charge >= 0.3 is 12.0 Å². The molecular formula is C14H26N2O4. The Morgan fingerprint density at radius 2 is 2.10 bits per heavy atom. The third-order valence-electron chi connectivity index (χ3n) is 3.46. The molecule has 0 aromatic heterocycles. The van der Waals surface area contributed by atoms with E-state index in [-0.39, 0.29) is 19.0 Å². The molecule has 0 spiro atoms. The maximum Gasteiger partial charge on any atom is 0.317 e. The van der Waals surface area contributed by atoms with Crippen LogP contribution < -0.4 is 5.32 Å². The molecule has 1 saturated heterocycles. The van der Waals surface area contributed by atoms with E-state index in [2.05, 4.69) is 5.32 Å². The molecule has 0 aromatic rings. The first kappa shape index (κ1) is 16.8. The predicted molar refractivity (Wildman–Crippen MR) is 75.7 cm³/mol. The van der Waals surface area contributed by atoms with Gasteiger partial charge in [-0.2, -0.15) is 0 Å². The van der Waals surface area contributed by atoms with Crippen LogP contribution in [0.5, 0.6) is 0 Å². The van der Waals surface area contributed by atoms with E-state index in [4.69, 9.17) is 9.84 Å². The maximum absolute atomic E-state index is 12.2. The number of hydrogen-bond donors (Lipinski definition) is 2. The summed E-state index contributed by atoms with van der Waals surface area (Å²) in [5, 5.41) is 11.6. The van der Waals surface area contributed by atoms with Crippen LogP contribution in [0.25, 0.3) is 0 Å². The summed E-state index contributed by atoms with van der Waals surface area (Å²) >= 11 is 0. The molecule has 0 radical (unpaired) electrons. The zero-order valence-electron chi connectivity index (χ0n) is 12.6. The van der Waals surface area contributed by atoms with Crippen molar-refractivity contribution in [3.05, 3.63) is 0 Å². The molecule has 1 aliphatic heterocycles. The van der Waals surface area contributed by atoms with Gasteiger partial charge < -0.3 is 20.1 Å². The van der Waals surface area contributed by atoms with E-state index in [0.717, 1.165) is 26.1 Å². The number of nitrogens with zero attached hydrogens (tertiary/aromatic N) is 1. The first-order valence-electron chi connectivity index (χ1n) is 7.15. The van der Waals surface area contributed by atoms with Gasteiger partial charge in [-0.1, -0.05) is 0 Å². The van der Waals surface area contributed by atoms with Gasteiger partial charge in [-0.15, -0.1) is 0 Å². The number of carboxylic acid groups (broad SMARTS) is 1. The van der Waals surface area contributed by atoms with Crippen molar-refractivity contribution in [2.45, 2.75) is 45.6 Å². The van der Waals surface area contributed by atoms with Crippen molar-refractivity contribution in [2.75, 3.05) is 26.3 Å². The Balaban J connectivity index is 2.39. The molecule has 20 heavy (non-hydrogen) atoms. The lowest BCUT2D eigenvalue weighted by atomic mass is 10.1. The van der Waals surface area contributed by atoms with Gasteiger partial charge in [-0.05, 0) is 39.5 Å². The van der Waals surface area contributed by atoms with Crippen molar-refractivity contribution in [2.24, 2.45) is 5.92 Å². The average Bonchev–Trinajstić information content (AvgIpc) is 2.79. The molecule has 1 unspecified atom stereocenters. The Morgan fingerprint density at radius 1 is 1.40 bits per heavy atom. The van der Waals surface area contributed by atoms with Gasteiger partial charge in [0, 0.05) is 31.8 Å². The molecule has 0 aromatic carbocycles. The molecule has 0 bridgehead atoms. The summed E-state index contributed by atoms with van der Waals surface area (Å²) in [5.74, 6) is -0.368. The Hall–Kier alpha value is -1.30. The van der Waals surface area contributed by atoms with Gasteiger partial charge in [0.05, 0.1) is 6.42 Å². The third-order valence-corrected chi connectivity index (χ3v) is 3.46. The molecule has 116 valence electrons. The SMILES string of the molecule is CC(C)(C)N(CCC(=O)O)C(=O)NCCC1CCOC1. The number of amides is 2. The molecule has 0 saturated carbocycles. The van der Waals surface area contributed by atoms with Crippen LogP contribution in [0, 0.1) is 5.92 Å². The zero-order chi connectivity index (χ0) is 15.2. The summed E-state index contributed by atoms with van der Waals surface area (Å²) in [5.41, 5.74) is -0.393. The van der Waals surface area contributed by atoms with Crippen molar-refractivity contribution in [1.82, 2.24) is 10.2 Å². The number of urea groups is 1. The second-order valence-corrected chi connectivity index (χ2v) is 6.22. The Bertz CT molecular complexity index is 333. The normalized spacial score (nSPS) is 18.9. The summed E-state index contributed by atoms with van der Waals surface area (Å²) in [6.07, 6.45) is 1.92. The van der Waals surface area contributed by atoms with Crippen LogP contribution in [0.15, 0.2) is 0 Å². The fraction of sp³-hybridized carbons (Fsp3) is 0.857. The highest BCUT2D eigenvalue weighted by atomic mass is 16.5. The van der Waals surface area contributed by atoms with Crippen molar-refractivity contribution in [3.8, 4) is 0 Å². The van der Waals surface area contributed by atoms with E-state index < -0.39 is 11.5 Å². The molecule has 1 rings (SSSR count). The smallest absolute Gasteiger partial charge is 0.317 e. The summed E-state index contributed by atoms with van der Waals surface area (Å²) in [6.45, 7) is 8.12. The Labute approximate surface area is 120 Å². The highest BCUT2D eigenvalue weighted by Crippen LogP contribution is 2.16. The van der Waals surface area contributed by atoms with Gasteiger partial charge in [0.15, 0.2) is 0 Å². The number of ether oxygens (including phenoxy) is 1. The zero-order valence-corrected chi connectivity index (χ0v) is 12.6. The number of aliphatic carboxylic acids is 1. The minimum atomic E-state index is -0.893. The van der Waals surface area contributed by atoms with Crippen molar-refractivity contribution < 1.29 is 19.4 Å². The predicted octanol–water partition coefficient (Wildman–Crippen LogP) is 1.70. The summed E-state index contributed by atoms with van der Waals surface area (Å²) in [6, 6.07) is -0.197. The Morgan fingerprint density at radius 3 is 2.60 bits per heavy atom. The second-order valence-electron chi connectivity index (χ2n) is 6.22. The second kappa shape index (κ2) is 7.47. The fourth-order valence-corrected chi connectivity index (χ4v) is 2.24. The van der Waals surface area contributed by atoms with E-state index in [1.807, 2.05) is 20.8 Å². The molecule has 1 atom stereocenters. The highest BCUT2D eigenvalue weighted by molar-refractivity contribution is 5.76. The van der Waals surface area contributed by atoms with Crippen LogP contribution in [0.4, 0.5) is 4.79 Å². The number of carbonyl (C=O) groups is 2. The lowest BCUT2D eigenvalue weighted by Crippen LogP contribution is -2.51. The van der Waals surface area contributed by atoms with Gasteiger partial charge in [0.2, 0.25) is 0 Å². The van der Waals surface area contributed by atoms with Crippen LogP contribution >= 0.6 is 0 Å². The minimum Gasteiger partial charge on any atom is -0.481 e. The third kappa shape index (κ3) is 5.77. The number of rotatable bonds is 6. The number of carbonyl (C=O) groups excluding carboxylic acids is 1. The summed E-state index contributed by atoms with van der Waals surface area (Å²) in [7, 11) is 0. The molecule has 0 aliphatic carbocycles. The van der Waals surface area contributed by atoms with Crippen LogP contribution in [0.1, 0.15) is 40.0 Å². The molecular weight excluding hydrogens is 260 g/mol. The van der Waals surface area contributed by atoms with Crippen molar-refractivity contribution in [3.63, 3.8) is 0 Å². The molecule has 1 aliphatic rings. The van der Waals surface area contributed by atoms with Crippen molar-refractivity contribution >= 4 is 12.0 Å². The van der Waals surface area contributed by atoms with Gasteiger partial charge in [-0.25, -0.2) is 4.79 Å². The summed E-state index contributed by atoms with van der Waals surface area (Å²) < 4.78 is 5.29. The molecule has 6 nitrogen and oxygen atoms in total. The van der Waals surface area contributed by atoms with Crippen LogP contribution in [-0.4, -0.2) is 53.8 Å². The number of carboxylic acids is 1. The number of hydrogen-bond acceptors (Lipinski definition) is 3. The lowest BCUT2D eigenvalue weighted by Gasteiger charge is -2.35. The quantitative estimate of drug-likeness (QED) is 0.779. The fourth-order valence-electron chi connectivity index (χ4n) is 2.24. The monoisotopic (exact) mass is 286 g/mol. The standard InChI is InChI=1S/C14H26N2O4/c1-14(2,3)16(8-5-12(17)18)13(19)15-7-4-11-6-9-20-10-11/h11H,4-10H2,1-3H3,(H,15,19)(H,17,18). The molecule has 1 fully saturated rings. The van der Waals surface area contributed by atoms with E-state index in [1.165, 1.54) is 0 Å². The van der Waals surface area contributed by atoms with E-state index >= 15 is 0 Å². The van der Waals surface area contributed by atoms with Crippen LogP contribution in [0.3, 0.4) is 0 Å². The molecule has 1 heterocycles. The highest BCUT2D eigenvalue weighted by Gasteiger charge is 2.26. The van der Waals surface area contributed by atoms with Crippen molar-refractivity contribution in [1.29, 1.82) is 0 Å². The Kier molecular flexibility index (Phi) is 6.26. The largest absolute Gasteiger partial charge is 0.481 e. The first-order valence-corrected chi connectivity index (χ1v) is 7.15. The van der Waals surface area contributed by atoms with Crippen LogP contribution in [0.2, 0.25) is 0 Å². The van der Waals surface area contributed by atoms with Gasteiger partial charge in [-0.3, -0.25) is 4.79 Å². The van der Waals surface area contributed by atoms with E-state index in [9.17, 15) is 9.59 Å². The lowest BCUT2D eigenvalue weighted by molar-refractivity contribution is -0.137. The van der Waals surface area contributed by atoms with E-state index in [1.54, 1.807) is 4.90 Å². The molecule has 2 amide bonds. The van der Waals surface area contributed by atoms with E-state index in [0.29, 0.717) is 12.5 Å². The summed E-state index contributed by atoms with van der Waals surface area (Å²) in [4.78, 5) is 24.4.